The molecular weight excluding hydrogens is 331 g/mol. The van der Waals surface area contributed by atoms with Crippen molar-refractivity contribution in [2.24, 2.45) is 0 Å². The van der Waals surface area contributed by atoms with E-state index in [1.54, 1.807) is 0 Å². The Hall–Kier alpha value is -1.70. The van der Waals surface area contributed by atoms with Gasteiger partial charge in [-0.25, -0.2) is 4.98 Å². The molecule has 25 heavy (non-hydrogen) atoms. The predicted octanol–water partition coefficient (Wildman–Crippen LogP) is 2.80. The average molecular weight is 357 g/mol. The highest BCUT2D eigenvalue weighted by atomic mass is 19.4. The molecule has 5 nitrogen and oxygen atoms in total. The maximum Gasteiger partial charge on any atom is 0.401 e. The van der Waals surface area contributed by atoms with Gasteiger partial charge in [0, 0.05) is 45.8 Å². The van der Waals surface area contributed by atoms with Crippen LogP contribution in [0.2, 0.25) is 0 Å². The fraction of sp³-hybridized carbons (Fsp3) is 0.706. The molecule has 1 aromatic heterocycles. The van der Waals surface area contributed by atoms with Crippen molar-refractivity contribution in [1.29, 1.82) is 0 Å². The quantitative estimate of drug-likeness (QED) is 0.900. The summed E-state index contributed by atoms with van der Waals surface area (Å²) < 4.78 is 37.8. The second-order valence-electron chi connectivity index (χ2n) is 6.63. The van der Waals surface area contributed by atoms with Crippen LogP contribution in [0.15, 0.2) is 12.1 Å². The molecule has 1 N–H and O–H groups in total. The number of alkyl halides is 3. The molecule has 0 unspecified atom stereocenters. The molecule has 0 bridgehead atoms. The molecule has 1 saturated heterocycles. The van der Waals surface area contributed by atoms with Crippen LogP contribution in [0.5, 0.6) is 0 Å². The van der Waals surface area contributed by atoms with Gasteiger partial charge >= 0.3 is 6.18 Å². The average Bonchev–Trinajstić information content (AvgIpc) is 2.90. The third-order valence-electron chi connectivity index (χ3n) is 4.79. The van der Waals surface area contributed by atoms with E-state index in [0.717, 1.165) is 49.9 Å². The minimum atomic E-state index is -4.13. The highest BCUT2D eigenvalue weighted by Gasteiger charge is 2.31. The first-order valence-electron chi connectivity index (χ1n) is 9.00. The van der Waals surface area contributed by atoms with E-state index in [-0.39, 0.29) is 0 Å². The van der Waals surface area contributed by atoms with Crippen LogP contribution in [-0.2, 0) is 0 Å². The van der Waals surface area contributed by atoms with Crippen LogP contribution in [-0.4, -0.2) is 68.4 Å². The van der Waals surface area contributed by atoms with Crippen LogP contribution in [0.4, 0.5) is 30.5 Å². The predicted molar refractivity (Wildman–Crippen MR) is 94.6 cm³/mol. The first-order valence-corrected chi connectivity index (χ1v) is 9.00. The van der Waals surface area contributed by atoms with Gasteiger partial charge in [-0.05, 0) is 31.9 Å². The zero-order valence-electron chi connectivity index (χ0n) is 14.6. The number of hydrogen-bond donors (Lipinski definition) is 1. The molecule has 3 rings (SSSR count). The van der Waals surface area contributed by atoms with E-state index in [1.807, 2.05) is 6.07 Å². The van der Waals surface area contributed by atoms with Crippen molar-refractivity contribution in [2.45, 2.75) is 25.9 Å². The van der Waals surface area contributed by atoms with Crippen molar-refractivity contribution in [1.82, 2.24) is 9.88 Å². The van der Waals surface area contributed by atoms with Gasteiger partial charge in [-0.3, -0.25) is 4.90 Å². The lowest BCUT2D eigenvalue weighted by molar-refractivity contribution is -0.145. The van der Waals surface area contributed by atoms with Crippen molar-refractivity contribution in [2.75, 3.05) is 67.5 Å². The molecular formula is C17H26F3N5. The molecule has 0 spiro atoms. The van der Waals surface area contributed by atoms with Gasteiger partial charge in [0.1, 0.15) is 5.82 Å². The number of pyridine rings is 1. The Labute approximate surface area is 146 Å². The Kier molecular flexibility index (Phi) is 5.56. The Balaban J connectivity index is 1.71. The topological polar surface area (TPSA) is 34.6 Å². The van der Waals surface area contributed by atoms with Crippen molar-refractivity contribution < 1.29 is 13.2 Å². The normalized spacial score (nSPS) is 19.8. The third-order valence-corrected chi connectivity index (χ3v) is 4.79. The molecule has 140 valence electrons. The molecule has 1 aromatic rings. The Morgan fingerprint density at radius 1 is 1.08 bits per heavy atom. The lowest BCUT2D eigenvalue weighted by Crippen LogP contribution is -2.37. The number of halogens is 3. The maximum atomic E-state index is 12.6. The van der Waals surface area contributed by atoms with Crippen LogP contribution in [0.1, 0.15) is 19.8 Å². The van der Waals surface area contributed by atoms with Crippen LogP contribution in [0, 0.1) is 0 Å². The highest BCUT2D eigenvalue weighted by molar-refractivity contribution is 5.69. The lowest BCUT2D eigenvalue weighted by atomic mass is 10.3. The fourth-order valence-corrected chi connectivity index (χ4v) is 3.54. The van der Waals surface area contributed by atoms with Crippen molar-refractivity contribution in [3.8, 4) is 0 Å². The standard InChI is InChI=1S/C17H26F3N5/c1-2-24-9-3-7-21-16-14(24)5-6-15(22-16)25-10-4-8-23(11-12-25)13-17(18,19)20/h5-6H,2-4,7-13H2,1H3,(H,21,22). The van der Waals surface area contributed by atoms with Gasteiger partial charge in [-0.15, -0.1) is 0 Å². The number of rotatable bonds is 3. The minimum Gasteiger partial charge on any atom is -0.369 e. The van der Waals surface area contributed by atoms with Crippen LogP contribution in [0.25, 0.3) is 0 Å². The van der Waals surface area contributed by atoms with Gasteiger partial charge < -0.3 is 15.1 Å². The summed E-state index contributed by atoms with van der Waals surface area (Å²) >= 11 is 0. The van der Waals surface area contributed by atoms with Gasteiger partial charge in [0.25, 0.3) is 0 Å². The molecule has 0 aromatic carbocycles. The van der Waals surface area contributed by atoms with Gasteiger partial charge in [-0.2, -0.15) is 13.2 Å². The summed E-state index contributed by atoms with van der Waals surface area (Å²) in [5.74, 6) is 1.73. The van der Waals surface area contributed by atoms with Crippen LogP contribution < -0.4 is 15.1 Å². The van der Waals surface area contributed by atoms with Gasteiger partial charge in [0.15, 0.2) is 5.82 Å². The summed E-state index contributed by atoms with van der Waals surface area (Å²) in [6.07, 6.45) is -2.36. The monoisotopic (exact) mass is 357 g/mol. The molecule has 0 atom stereocenters. The molecule has 3 heterocycles. The Morgan fingerprint density at radius 3 is 2.68 bits per heavy atom. The van der Waals surface area contributed by atoms with E-state index in [1.165, 1.54) is 4.90 Å². The minimum absolute atomic E-state index is 0.410. The van der Waals surface area contributed by atoms with Crippen molar-refractivity contribution >= 4 is 17.3 Å². The number of aromatic nitrogens is 1. The molecule has 0 saturated carbocycles. The lowest BCUT2D eigenvalue weighted by Gasteiger charge is -2.26. The molecule has 1 fully saturated rings. The van der Waals surface area contributed by atoms with E-state index >= 15 is 0 Å². The molecule has 2 aliphatic heterocycles. The molecule has 2 aliphatic rings. The molecule has 8 heteroatoms. The van der Waals surface area contributed by atoms with E-state index in [0.29, 0.717) is 26.1 Å². The number of hydrogen-bond acceptors (Lipinski definition) is 5. The van der Waals surface area contributed by atoms with Gasteiger partial charge in [0.2, 0.25) is 0 Å². The SMILES string of the molecule is CCN1CCCNc2nc(N3CCCN(CC(F)(F)F)CC3)ccc21. The Bertz CT molecular complexity index is 578. The van der Waals surface area contributed by atoms with Crippen LogP contribution in [0.3, 0.4) is 0 Å². The second kappa shape index (κ2) is 7.68. The van der Waals surface area contributed by atoms with E-state index in [2.05, 4.69) is 28.1 Å². The molecule has 0 amide bonds. The number of fused-ring (bicyclic) bond motifs is 1. The summed E-state index contributed by atoms with van der Waals surface area (Å²) in [5.41, 5.74) is 1.11. The second-order valence-corrected chi connectivity index (χ2v) is 6.63. The summed E-state index contributed by atoms with van der Waals surface area (Å²) in [6.45, 7) is 6.32. The van der Waals surface area contributed by atoms with Crippen LogP contribution >= 0.6 is 0 Å². The Morgan fingerprint density at radius 2 is 1.92 bits per heavy atom. The zero-order valence-corrected chi connectivity index (χ0v) is 14.6. The first kappa shape index (κ1) is 18.1. The maximum absolute atomic E-state index is 12.6. The smallest absolute Gasteiger partial charge is 0.369 e. The van der Waals surface area contributed by atoms with E-state index < -0.39 is 12.7 Å². The third kappa shape index (κ3) is 4.68. The van der Waals surface area contributed by atoms with E-state index in [9.17, 15) is 13.2 Å². The largest absolute Gasteiger partial charge is 0.401 e. The van der Waals surface area contributed by atoms with Crippen molar-refractivity contribution in [3.63, 3.8) is 0 Å². The number of nitrogens with zero attached hydrogens (tertiary/aromatic N) is 4. The zero-order chi connectivity index (χ0) is 17.9. The number of anilines is 3. The molecule has 0 aliphatic carbocycles. The fourth-order valence-electron chi connectivity index (χ4n) is 3.54. The number of nitrogens with one attached hydrogen (secondary N) is 1. The summed E-state index contributed by atoms with van der Waals surface area (Å²) in [7, 11) is 0. The molecule has 0 radical (unpaired) electrons. The van der Waals surface area contributed by atoms with Gasteiger partial charge in [0.05, 0.1) is 12.2 Å². The summed E-state index contributed by atoms with van der Waals surface area (Å²) in [5, 5.41) is 3.39. The summed E-state index contributed by atoms with van der Waals surface area (Å²) in [6, 6.07) is 4.08. The summed E-state index contributed by atoms with van der Waals surface area (Å²) in [4.78, 5) is 10.7. The van der Waals surface area contributed by atoms with Gasteiger partial charge in [-0.1, -0.05) is 0 Å². The highest BCUT2D eigenvalue weighted by Crippen LogP contribution is 2.29. The van der Waals surface area contributed by atoms with E-state index in [4.69, 9.17) is 4.98 Å². The first-order chi connectivity index (χ1) is 12.0. The van der Waals surface area contributed by atoms with Crippen molar-refractivity contribution in [3.05, 3.63) is 12.1 Å².